The summed E-state index contributed by atoms with van der Waals surface area (Å²) >= 11 is 0. The van der Waals surface area contributed by atoms with Crippen LogP contribution in [0.25, 0.3) is 0 Å². The predicted molar refractivity (Wildman–Crippen MR) is 112 cm³/mol. The lowest BCUT2D eigenvalue weighted by Crippen LogP contribution is -2.37. The van der Waals surface area contributed by atoms with Crippen molar-refractivity contribution in [1.82, 2.24) is 4.90 Å². The fraction of sp³-hybridized carbons (Fsp3) is 0.348. The van der Waals surface area contributed by atoms with Crippen molar-refractivity contribution in [2.45, 2.75) is 31.8 Å². The molecule has 2 aromatic carbocycles. The van der Waals surface area contributed by atoms with Crippen LogP contribution in [0.3, 0.4) is 0 Å². The fourth-order valence-corrected chi connectivity index (χ4v) is 3.34. The van der Waals surface area contributed by atoms with Crippen LogP contribution in [0.1, 0.15) is 37.4 Å². The molecular formula is C23H26N2O5. The van der Waals surface area contributed by atoms with E-state index in [9.17, 15) is 14.4 Å². The molecule has 2 aromatic rings. The van der Waals surface area contributed by atoms with Crippen molar-refractivity contribution in [3.05, 3.63) is 60.2 Å². The summed E-state index contributed by atoms with van der Waals surface area (Å²) in [5, 5.41) is 2.77. The lowest BCUT2D eigenvalue weighted by Gasteiger charge is -2.22. The first-order chi connectivity index (χ1) is 14.6. The zero-order valence-corrected chi connectivity index (χ0v) is 17.0. The molecule has 158 valence electrons. The Morgan fingerprint density at radius 1 is 1.07 bits per heavy atom. The number of rotatable bonds is 7. The van der Waals surface area contributed by atoms with Gasteiger partial charge >= 0.3 is 5.97 Å². The molecule has 1 aliphatic rings. The van der Waals surface area contributed by atoms with E-state index in [-0.39, 0.29) is 12.5 Å². The SMILES string of the molecule is COc1cccc(NC(=O)[C@H](OC(=O)CN2CCCCCC2=O)c2ccccc2)c1. The first-order valence-electron chi connectivity index (χ1n) is 10.0. The Hall–Kier alpha value is -3.35. The summed E-state index contributed by atoms with van der Waals surface area (Å²) in [4.78, 5) is 39.2. The lowest BCUT2D eigenvalue weighted by molar-refractivity contribution is -0.157. The topological polar surface area (TPSA) is 84.9 Å². The minimum atomic E-state index is -1.13. The van der Waals surface area contributed by atoms with Crippen molar-refractivity contribution in [3.8, 4) is 5.75 Å². The number of benzene rings is 2. The molecule has 3 rings (SSSR count). The molecule has 7 nitrogen and oxygen atoms in total. The zero-order chi connectivity index (χ0) is 21.3. The molecule has 0 radical (unpaired) electrons. The maximum absolute atomic E-state index is 13.0. The number of methoxy groups -OCH3 is 1. The van der Waals surface area contributed by atoms with Gasteiger partial charge < -0.3 is 19.7 Å². The number of carbonyl (C=O) groups is 3. The summed E-state index contributed by atoms with van der Waals surface area (Å²) in [6.07, 6.45) is 1.96. The maximum atomic E-state index is 13.0. The second-order valence-electron chi connectivity index (χ2n) is 7.13. The van der Waals surface area contributed by atoms with E-state index in [2.05, 4.69) is 5.32 Å². The van der Waals surface area contributed by atoms with Crippen LogP contribution in [0.15, 0.2) is 54.6 Å². The van der Waals surface area contributed by atoms with E-state index in [4.69, 9.17) is 9.47 Å². The van der Waals surface area contributed by atoms with Crippen LogP contribution in [0, 0.1) is 0 Å². The quantitative estimate of drug-likeness (QED) is 0.708. The number of esters is 1. The number of hydrogen-bond donors (Lipinski definition) is 1. The van der Waals surface area contributed by atoms with Crippen LogP contribution < -0.4 is 10.1 Å². The van der Waals surface area contributed by atoms with Crippen LogP contribution >= 0.6 is 0 Å². The molecule has 1 fully saturated rings. The van der Waals surface area contributed by atoms with Gasteiger partial charge in [0.05, 0.1) is 7.11 Å². The lowest BCUT2D eigenvalue weighted by atomic mass is 10.1. The second kappa shape index (κ2) is 10.4. The molecule has 1 atom stereocenters. The second-order valence-corrected chi connectivity index (χ2v) is 7.13. The molecule has 0 spiro atoms. The van der Waals surface area contributed by atoms with E-state index in [1.807, 2.05) is 6.07 Å². The van der Waals surface area contributed by atoms with Crippen LogP contribution in [0.4, 0.5) is 5.69 Å². The Kier molecular flexibility index (Phi) is 7.43. The highest BCUT2D eigenvalue weighted by molar-refractivity contribution is 5.96. The van der Waals surface area contributed by atoms with Crippen molar-refractivity contribution < 1.29 is 23.9 Å². The highest BCUT2D eigenvalue weighted by Crippen LogP contribution is 2.23. The number of likely N-dealkylation sites (tertiary alicyclic amines) is 1. The minimum absolute atomic E-state index is 0.0541. The van der Waals surface area contributed by atoms with E-state index in [0.717, 1.165) is 19.3 Å². The molecule has 0 aliphatic carbocycles. The molecule has 1 heterocycles. The third kappa shape index (κ3) is 5.83. The molecular weight excluding hydrogens is 384 g/mol. The molecule has 7 heteroatoms. The average molecular weight is 410 g/mol. The van der Waals surface area contributed by atoms with Gasteiger partial charge in [-0.2, -0.15) is 0 Å². The number of nitrogens with one attached hydrogen (secondary N) is 1. The van der Waals surface area contributed by atoms with Crippen LogP contribution in [-0.2, 0) is 19.1 Å². The Morgan fingerprint density at radius 3 is 2.63 bits per heavy atom. The van der Waals surface area contributed by atoms with Crippen LogP contribution in [0.2, 0.25) is 0 Å². The monoisotopic (exact) mass is 410 g/mol. The van der Waals surface area contributed by atoms with Gasteiger partial charge in [-0.1, -0.05) is 42.8 Å². The molecule has 0 saturated carbocycles. The maximum Gasteiger partial charge on any atom is 0.326 e. The van der Waals surface area contributed by atoms with Gasteiger partial charge in [-0.05, 0) is 25.0 Å². The number of amides is 2. The number of anilines is 1. The first-order valence-corrected chi connectivity index (χ1v) is 10.0. The highest BCUT2D eigenvalue weighted by Gasteiger charge is 2.27. The molecule has 2 amide bonds. The summed E-state index contributed by atoms with van der Waals surface area (Å²) in [6.45, 7) is 0.370. The number of carbonyl (C=O) groups excluding carboxylic acids is 3. The van der Waals surface area contributed by atoms with Crippen molar-refractivity contribution in [2.24, 2.45) is 0 Å². The molecule has 0 bridgehead atoms. The van der Waals surface area contributed by atoms with Crippen molar-refractivity contribution in [2.75, 3.05) is 25.5 Å². The summed E-state index contributed by atoms with van der Waals surface area (Å²) in [7, 11) is 1.54. The van der Waals surface area contributed by atoms with E-state index in [0.29, 0.717) is 30.0 Å². The molecule has 1 saturated heterocycles. The summed E-state index contributed by atoms with van der Waals surface area (Å²) < 4.78 is 10.7. The highest BCUT2D eigenvalue weighted by atomic mass is 16.5. The Balaban J connectivity index is 1.72. The zero-order valence-electron chi connectivity index (χ0n) is 17.0. The number of hydrogen-bond acceptors (Lipinski definition) is 5. The van der Waals surface area contributed by atoms with E-state index in [1.165, 1.54) is 4.90 Å². The molecule has 0 unspecified atom stereocenters. The normalized spacial score (nSPS) is 15.1. The Morgan fingerprint density at radius 2 is 1.87 bits per heavy atom. The Bertz CT molecular complexity index is 884. The fourth-order valence-electron chi connectivity index (χ4n) is 3.34. The third-order valence-electron chi connectivity index (χ3n) is 4.92. The van der Waals surface area contributed by atoms with Crippen molar-refractivity contribution in [3.63, 3.8) is 0 Å². The molecule has 1 aliphatic heterocycles. The van der Waals surface area contributed by atoms with Gasteiger partial charge in [0.15, 0.2) is 0 Å². The van der Waals surface area contributed by atoms with Gasteiger partial charge in [0.2, 0.25) is 12.0 Å². The largest absolute Gasteiger partial charge is 0.497 e. The number of ether oxygens (including phenoxy) is 2. The molecule has 1 N–H and O–H groups in total. The standard InChI is InChI=1S/C23H26N2O5/c1-29-19-12-8-11-18(15-19)24-23(28)22(17-9-4-2-5-10-17)30-21(27)16-25-14-7-3-6-13-20(25)26/h2,4-5,8-12,15,22H,3,6-7,13-14,16H2,1H3,(H,24,28)/t22-/m1/s1. The smallest absolute Gasteiger partial charge is 0.326 e. The van der Waals surface area contributed by atoms with Gasteiger partial charge in [-0.3, -0.25) is 14.4 Å². The van der Waals surface area contributed by atoms with Crippen molar-refractivity contribution in [1.29, 1.82) is 0 Å². The summed E-state index contributed by atoms with van der Waals surface area (Å²) in [5.74, 6) is -0.549. The Labute approximate surface area is 176 Å². The number of nitrogens with zero attached hydrogens (tertiary/aromatic N) is 1. The van der Waals surface area contributed by atoms with Crippen molar-refractivity contribution >= 4 is 23.5 Å². The van der Waals surface area contributed by atoms with Crippen LogP contribution in [-0.4, -0.2) is 42.9 Å². The third-order valence-corrected chi connectivity index (χ3v) is 4.92. The van der Waals surface area contributed by atoms with E-state index in [1.54, 1.807) is 55.6 Å². The van der Waals surface area contributed by atoms with Gasteiger partial charge in [-0.25, -0.2) is 0 Å². The minimum Gasteiger partial charge on any atom is -0.497 e. The molecule has 0 aromatic heterocycles. The molecule has 30 heavy (non-hydrogen) atoms. The first kappa shape index (κ1) is 21.4. The predicted octanol–water partition coefficient (Wildman–Crippen LogP) is 3.32. The van der Waals surface area contributed by atoms with Gasteiger partial charge in [0.25, 0.3) is 5.91 Å². The van der Waals surface area contributed by atoms with Gasteiger partial charge in [0, 0.05) is 30.3 Å². The van der Waals surface area contributed by atoms with E-state index < -0.39 is 18.0 Å². The van der Waals surface area contributed by atoms with E-state index >= 15 is 0 Å². The van der Waals surface area contributed by atoms with Crippen LogP contribution in [0.5, 0.6) is 5.75 Å². The average Bonchev–Trinajstić information content (AvgIpc) is 2.96. The van der Waals surface area contributed by atoms with Gasteiger partial charge in [0.1, 0.15) is 12.3 Å². The van der Waals surface area contributed by atoms with Gasteiger partial charge in [-0.15, -0.1) is 0 Å². The summed E-state index contributed by atoms with van der Waals surface area (Å²) in [5.41, 5.74) is 1.08. The summed E-state index contributed by atoms with van der Waals surface area (Å²) in [6, 6.07) is 15.7.